The Balaban J connectivity index is 1.58. The molecule has 2 saturated heterocycles. The van der Waals surface area contributed by atoms with Gasteiger partial charge in [0.1, 0.15) is 10.5 Å². The lowest BCUT2D eigenvalue weighted by Gasteiger charge is -2.39. The molecule has 7 rings (SSSR count). The lowest BCUT2D eigenvalue weighted by molar-refractivity contribution is 0.123. The molecule has 4 atom stereocenters. The van der Waals surface area contributed by atoms with Crippen LogP contribution in [0.5, 0.6) is 0 Å². The number of rotatable bonds is 10. The van der Waals surface area contributed by atoms with Crippen LogP contribution >= 0.6 is 35.0 Å². The fourth-order valence-electron chi connectivity index (χ4n) is 7.25. The van der Waals surface area contributed by atoms with Gasteiger partial charge in [-0.2, -0.15) is 5.26 Å². The van der Waals surface area contributed by atoms with E-state index in [0.717, 1.165) is 17.1 Å². The zero-order chi connectivity index (χ0) is 35.4. The van der Waals surface area contributed by atoms with Crippen molar-refractivity contribution in [3.05, 3.63) is 57.5 Å². The first kappa shape index (κ1) is 35.3. The summed E-state index contributed by atoms with van der Waals surface area (Å²) in [5.74, 6) is -0.540. The van der Waals surface area contributed by atoms with Gasteiger partial charge < -0.3 is 24.6 Å². The van der Waals surface area contributed by atoms with Crippen LogP contribution < -0.4 is 5.32 Å². The molecule has 258 valence electrons. The van der Waals surface area contributed by atoms with Crippen molar-refractivity contribution in [2.75, 3.05) is 19.4 Å². The van der Waals surface area contributed by atoms with Crippen molar-refractivity contribution < 1.29 is 23.8 Å². The molecular weight excluding hydrogens is 704 g/mol. The smallest absolute Gasteiger partial charge is 0.407 e. The molecule has 1 saturated carbocycles. The zero-order valence-electron chi connectivity index (χ0n) is 27.9. The number of ether oxygens (including phenoxy) is 1. The fraction of sp³-hybridized carbons (Fsp3) is 0.429. The minimum atomic E-state index is -1.42. The first-order valence-electron chi connectivity index (χ1n) is 16.2. The summed E-state index contributed by atoms with van der Waals surface area (Å²) in [6.45, 7) is 9.23. The SMILES string of the molecule is CSc1nc2c(F)c(-c3cccc(Cl)c3Cl)c(CCC#N)cc2c2c1cc(C(C)NC(=O)OCC[Si](C)(C)C)n2[C@H]1[C@@H]2C[C@H]1N(C(=O)O)C2. The third-order valence-electron chi connectivity index (χ3n) is 9.67. The number of alkyl carbamates (subject to hydrolysis) is 1. The highest BCUT2D eigenvalue weighted by molar-refractivity contribution is 7.98. The van der Waals surface area contributed by atoms with Crippen molar-refractivity contribution in [2.24, 2.45) is 5.92 Å². The molecule has 9 nitrogen and oxygen atoms in total. The van der Waals surface area contributed by atoms with E-state index < -0.39 is 32.1 Å². The molecule has 49 heavy (non-hydrogen) atoms. The van der Waals surface area contributed by atoms with Crippen LogP contribution in [0.15, 0.2) is 35.4 Å². The number of carbonyl (C=O) groups is 2. The van der Waals surface area contributed by atoms with E-state index in [2.05, 4.69) is 35.6 Å². The standard InChI is InChI=1S/C35H38Cl2FN5O4SSi/c1-18(40-34(44)47-12-13-49(3,4)5)25-16-23-32(43(25)31-20-15-26(31)42(17-20)35(45)46)22-14-19(8-7-11-39)27(21-9-6-10-24(36)28(21)37)29(38)30(22)41-33(23)48-2/h6,9-10,14,16,18,20,26,31H,7-8,12-13,15,17H2,1-5H3,(H,40,44)(H,45,46)/t18?,20-,26-,31+/m1/s1. The Labute approximate surface area is 299 Å². The number of carbonyl (C=O) groups excluding carboxylic acids is 1. The molecule has 4 aromatic rings. The minimum absolute atomic E-state index is 0.0414. The van der Waals surface area contributed by atoms with Crippen molar-refractivity contribution in [2.45, 2.75) is 75.0 Å². The lowest BCUT2D eigenvalue weighted by atomic mass is 9.79. The Morgan fingerprint density at radius 2 is 2.02 bits per heavy atom. The van der Waals surface area contributed by atoms with Gasteiger partial charge in [0, 0.05) is 54.6 Å². The van der Waals surface area contributed by atoms with Crippen LogP contribution in [0.1, 0.15) is 43.1 Å². The van der Waals surface area contributed by atoms with Crippen molar-refractivity contribution in [1.29, 1.82) is 5.26 Å². The van der Waals surface area contributed by atoms with Crippen LogP contribution in [0.3, 0.4) is 0 Å². The molecule has 0 spiro atoms. The lowest BCUT2D eigenvalue weighted by Crippen LogP contribution is -2.43. The van der Waals surface area contributed by atoms with E-state index in [1.807, 2.05) is 25.3 Å². The van der Waals surface area contributed by atoms with Gasteiger partial charge in [-0.25, -0.2) is 19.0 Å². The number of thioether (sulfide) groups is 1. The molecule has 2 aliphatic heterocycles. The number of nitriles is 1. The van der Waals surface area contributed by atoms with Gasteiger partial charge in [-0.1, -0.05) is 55.0 Å². The van der Waals surface area contributed by atoms with Gasteiger partial charge in [0.25, 0.3) is 0 Å². The van der Waals surface area contributed by atoms with Crippen LogP contribution in [0.4, 0.5) is 14.0 Å². The van der Waals surface area contributed by atoms with Gasteiger partial charge in [-0.15, -0.1) is 11.8 Å². The number of halogens is 3. The summed E-state index contributed by atoms with van der Waals surface area (Å²) in [4.78, 5) is 31.5. The van der Waals surface area contributed by atoms with Gasteiger partial charge in [-0.3, -0.25) is 0 Å². The Kier molecular flexibility index (Phi) is 9.85. The van der Waals surface area contributed by atoms with Crippen molar-refractivity contribution in [1.82, 2.24) is 19.8 Å². The predicted octanol–water partition coefficient (Wildman–Crippen LogP) is 9.53. The molecule has 14 heteroatoms. The van der Waals surface area contributed by atoms with Crippen LogP contribution in [-0.4, -0.2) is 65.3 Å². The Bertz CT molecular complexity index is 2030. The van der Waals surface area contributed by atoms with E-state index in [1.54, 1.807) is 18.2 Å². The molecule has 1 aliphatic carbocycles. The molecule has 2 aromatic carbocycles. The number of benzene rings is 2. The maximum Gasteiger partial charge on any atom is 0.407 e. The van der Waals surface area contributed by atoms with E-state index in [0.29, 0.717) is 46.6 Å². The van der Waals surface area contributed by atoms with Crippen molar-refractivity contribution in [3.63, 3.8) is 0 Å². The van der Waals surface area contributed by atoms with E-state index in [-0.39, 0.29) is 52.0 Å². The van der Waals surface area contributed by atoms with E-state index in [1.165, 1.54) is 16.7 Å². The van der Waals surface area contributed by atoms with Gasteiger partial charge in [0.15, 0.2) is 5.82 Å². The third-order valence-corrected chi connectivity index (χ3v) is 12.9. The fourth-order valence-corrected chi connectivity index (χ4v) is 8.91. The molecule has 2 amide bonds. The number of nitrogens with one attached hydrogen (secondary N) is 1. The average Bonchev–Trinajstić information content (AvgIpc) is 3.74. The quantitative estimate of drug-likeness (QED) is 0.123. The number of aryl methyl sites for hydroxylation is 1. The second kappa shape index (κ2) is 13.7. The summed E-state index contributed by atoms with van der Waals surface area (Å²) in [6.07, 6.45) is 1.47. The summed E-state index contributed by atoms with van der Waals surface area (Å²) in [6, 6.07) is 10.9. The second-order valence-electron chi connectivity index (χ2n) is 14.0. The third kappa shape index (κ3) is 6.46. The number of aromatic nitrogens is 2. The van der Waals surface area contributed by atoms with Crippen LogP contribution in [0.2, 0.25) is 35.7 Å². The minimum Gasteiger partial charge on any atom is -0.465 e. The highest BCUT2D eigenvalue weighted by Gasteiger charge is 2.55. The summed E-state index contributed by atoms with van der Waals surface area (Å²) < 4.78 is 24.7. The van der Waals surface area contributed by atoms with E-state index in [4.69, 9.17) is 32.9 Å². The first-order valence-corrected chi connectivity index (χ1v) is 21.9. The summed E-state index contributed by atoms with van der Waals surface area (Å²) >= 11 is 14.4. The largest absolute Gasteiger partial charge is 0.465 e. The highest BCUT2D eigenvalue weighted by atomic mass is 35.5. The van der Waals surface area contributed by atoms with Crippen LogP contribution in [-0.2, 0) is 11.2 Å². The van der Waals surface area contributed by atoms with Gasteiger partial charge >= 0.3 is 12.2 Å². The van der Waals surface area contributed by atoms with Crippen molar-refractivity contribution >= 4 is 77.0 Å². The zero-order valence-corrected chi connectivity index (χ0v) is 31.3. The first-order chi connectivity index (χ1) is 23.2. The Hall–Kier alpha value is -3.50. The molecule has 0 radical (unpaired) electrons. The molecule has 3 fully saturated rings. The molecule has 3 aliphatic rings. The van der Waals surface area contributed by atoms with E-state index in [9.17, 15) is 20.0 Å². The van der Waals surface area contributed by atoms with E-state index >= 15 is 4.39 Å². The molecule has 2 bridgehead atoms. The topological polar surface area (TPSA) is 120 Å². The number of hydrogen-bond donors (Lipinski definition) is 2. The second-order valence-corrected chi connectivity index (χ2v) is 21.2. The number of hydrogen-bond acceptors (Lipinski definition) is 6. The number of fused-ring (bicyclic) bond motifs is 4. The molecule has 4 heterocycles. The predicted molar refractivity (Wildman–Crippen MR) is 195 cm³/mol. The van der Waals surface area contributed by atoms with Gasteiger partial charge in [-0.05, 0) is 55.8 Å². The number of amides is 2. The molecular formula is C35H38Cl2FN5O4SSi. The normalized spacial score (nSPS) is 19.2. The number of pyridine rings is 1. The monoisotopic (exact) mass is 741 g/mol. The summed E-state index contributed by atoms with van der Waals surface area (Å²) in [5.41, 5.74) is 2.80. The molecule has 2 N–H and O–H groups in total. The number of nitrogens with zero attached hydrogens (tertiary/aromatic N) is 4. The van der Waals surface area contributed by atoms with Gasteiger partial charge in [0.2, 0.25) is 0 Å². The Morgan fingerprint density at radius 3 is 2.67 bits per heavy atom. The number of carboxylic acid groups (broad SMARTS) is 1. The molecule has 2 aromatic heterocycles. The molecule has 1 unspecified atom stereocenters. The van der Waals surface area contributed by atoms with Crippen molar-refractivity contribution in [3.8, 4) is 17.2 Å². The maximum absolute atomic E-state index is 17.1. The Morgan fingerprint density at radius 1 is 1.27 bits per heavy atom. The summed E-state index contributed by atoms with van der Waals surface area (Å²) in [5, 5.41) is 24.9. The average molecular weight is 743 g/mol. The van der Waals surface area contributed by atoms with Crippen LogP contribution in [0, 0.1) is 23.1 Å². The highest BCUT2D eigenvalue weighted by Crippen LogP contribution is 2.53. The van der Waals surface area contributed by atoms with Crippen LogP contribution in [0.25, 0.3) is 32.9 Å². The summed E-state index contributed by atoms with van der Waals surface area (Å²) in [7, 11) is -1.42. The van der Waals surface area contributed by atoms with Gasteiger partial charge in [0.05, 0.1) is 46.4 Å². The maximum atomic E-state index is 17.1.